The number of nitrogens with one attached hydrogen (secondary N) is 2. The molecule has 1 unspecified atom stereocenters. The summed E-state index contributed by atoms with van der Waals surface area (Å²) in [6.07, 6.45) is -1.26. The van der Waals surface area contributed by atoms with Crippen molar-refractivity contribution in [1.29, 1.82) is 0 Å². The van der Waals surface area contributed by atoms with Crippen LogP contribution in [0.3, 0.4) is 0 Å². The fourth-order valence-corrected chi connectivity index (χ4v) is 2.01. The molecule has 3 N–H and O–H groups in total. The summed E-state index contributed by atoms with van der Waals surface area (Å²) >= 11 is 3.35. The van der Waals surface area contributed by atoms with E-state index in [4.69, 9.17) is 4.74 Å². The van der Waals surface area contributed by atoms with Gasteiger partial charge in [0.1, 0.15) is 5.60 Å². The van der Waals surface area contributed by atoms with Gasteiger partial charge in [-0.2, -0.15) is 0 Å². The summed E-state index contributed by atoms with van der Waals surface area (Å²) in [6.45, 7) is 5.78. The Morgan fingerprint density at radius 3 is 2.65 bits per heavy atom. The average Bonchev–Trinajstić information content (AvgIpc) is 2.26. The Labute approximate surface area is 127 Å². The molecule has 1 atom stereocenters. The number of anilines is 1. The molecule has 0 aliphatic carbocycles. The summed E-state index contributed by atoms with van der Waals surface area (Å²) in [4.78, 5) is 11.8. The van der Waals surface area contributed by atoms with Gasteiger partial charge in [0.15, 0.2) is 0 Å². The molecule has 0 aliphatic heterocycles. The van der Waals surface area contributed by atoms with Gasteiger partial charge in [0, 0.05) is 16.6 Å². The molecule has 1 aromatic carbocycles. The molecule has 1 aromatic rings. The topological polar surface area (TPSA) is 70.6 Å². The summed E-state index contributed by atoms with van der Waals surface area (Å²) in [5.41, 5.74) is 0.588. The van der Waals surface area contributed by atoms with Crippen LogP contribution in [-0.2, 0) is 4.74 Å². The van der Waals surface area contributed by atoms with Gasteiger partial charge in [-0.15, -0.1) is 0 Å². The number of carbonyl (C=O) groups excluding carboxylic acids is 1. The summed E-state index contributed by atoms with van der Waals surface area (Å²) in [7, 11) is 1.75. The van der Waals surface area contributed by atoms with Crippen molar-refractivity contribution in [3.63, 3.8) is 0 Å². The van der Waals surface area contributed by atoms with Gasteiger partial charge in [0.2, 0.25) is 0 Å². The zero-order chi connectivity index (χ0) is 15.3. The highest BCUT2D eigenvalue weighted by molar-refractivity contribution is 9.10. The van der Waals surface area contributed by atoms with Gasteiger partial charge < -0.3 is 15.2 Å². The van der Waals surface area contributed by atoms with Crippen LogP contribution >= 0.6 is 15.9 Å². The molecule has 0 spiro atoms. The zero-order valence-corrected chi connectivity index (χ0v) is 13.7. The molecule has 20 heavy (non-hydrogen) atoms. The smallest absolute Gasteiger partial charge is 0.412 e. The molecule has 0 bridgehead atoms. The highest BCUT2D eigenvalue weighted by Gasteiger charge is 2.19. The first-order valence-corrected chi connectivity index (χ1v) is 7.14. The van der Waals surface area contributed by atoms with Crippen molar-refractivity contribution < 1.29 is 14.6 Å². The first-order valence-electron chi connectivity index (χ1n) is 6.35. The van der Waals surface area contributed by atoms with Crippen LogP contribution in [0.1, 0.15) is 32.4 Å². The van der Waals surface area contributed by atoms with Crippen molar-refractivity contribution in [1.82, 2.24) is 5.32 Å². The lowest BCUT2D eigenvalue weighted by atomic mass is 10.1. The third-order valence-electron chi connectivity index (χ3n) is 2.41. The Bertz CT molecular complexity index is 472. The lowest BCUT2D eigenvalue weighted by molar-refractivity contribution is 0.0635. The summed E-state index contributed by atoms with van der Waals surface area (Å²) in [6, 6.07) is 5.31. The van der Waals surface area contributed by atoms with Crippen molar-refractivity contribution >= 4 is 27.7 Å². The van der Waals surface area contributed by atoms with E-state index in [9.17, 15) is 9.90 Å². The van der Waals surface area contributed by atoms with E-state index in [1.165, 1.54) is 0 Å². The van der Waals surface area contributed by atoms with Crippen molar-refractivity contribution in [3.05, 3.63) is 28.2 Å². The van der Waals surface area contributed by atoms with E-state index in [1.54, 1.807) is 40.0 Å². The number of aliphatic hydroxyl groups excluding tert-OH is 1. The van der Waals surface area contributed by atoms with Gasteiger partial charge >= 0.3 is 6.09 Å². The second kappa shape index (κ2) is 7.06. The number of hydrogen-bond donors (Lipinski definition) is 3. The van der Waals surface area contributed by atoms with E-state index in [0.29, 0.717) is 17.8 Å². The molecule has 112 valence electrons. The molecule has 1 rings (SSSR count). The first-order chi connectivity index (χ1) is 9.23. The highest BCUT2D eigenvalue weighted by Crippen LogP contribution is 2.27. The number of ether oxygens (including phenoxy) is 1. The molecule has 0 aromatic heterocycles. The molecule has 0 radical (unpaired) electrons. The lowest BCUT2D eigenvalue weighted by Crippen LogP contribution is -2.28. The highest BCUT2D eigenvalue weighted by atomic mass is 79.9. The third kappa shape index (κ3) is 5.48. The molecule has 0 aliphatic rings. The Balaban J connectivity index is 2.92. The molecule has 6 heteroatoms. The van der Waals surface area contributed by atoms with Gasteiger partial charge in [0.25, 0.3) is 0 Å². The van der Waals surface area contributed by atoms with Gasteiger partial charge in [-0.3, -0.25) is 5.32 Å². The summed E-state index contributed by atoms with van der Waals surface area (Å²) in [5.74, 6) is 0. The number of rotatable bonds is 4. The van der Waals surface area contributed by atoms with Crippen LogP contribution in [0.2, 0.25) is 0 Å². The van der Waals surface area contributed by atoms with E-state index in [0.717, 1.165) is 4.47 Å². The molecule has 0 heterocycles. The predicted molar refractivity (Wildman–Crippen MR) is 82.9 cm³/mol. The minimum atomic E-state index is -0.710. The lowest BCUT2D eigenvalue weighted by Gasteiger charge is -2.21. The summed E-state index contributed by atoms with van der Waals surface area (Å²) in [5, 5.41) is 15.6. The molecular weight excluding hydrogens is 324 g/mol. The van der Waals surface area contributed by atoms with Gasteiger partial charge in [0.05, 0.1) is 11.8 Å². The Morgan fingerprint density at radius 2 is 2.10 bits per heavy atom. The Morgan fingerprint density at radius 1 is 1.45 bits per heavy atom. The standard InChI is InChI=1S/C14H21BrN2O3/c1-14(2,3)20-13(19)17-11-7-9(15)5-6-10(11)12(18)8-16-4/h5-7,12,16,18H,8H2,1-4H3,(H,17,19). The van der Waals surface area contributed by atoms with Crippen LogP contribution in [-0.4, -0.2) is 30.4 Å². The van der Waals surface area contributed by atoms with Crippen LogP contribution in [0.25, 0.3) is 0 Å². The van der Waals surface area contributed by atoms with E-state index < -0.39 is 17.8 Å². The zero-order valence-electron chi connectivity index (χ0n) is 12.2. The first kappa shape index (κ1) is 16.9. The van der Waals surface area contributed by atoms with Gasteiger partial charge in [-0.25, -0.2) is 4.79 Å². The number of amides is 1. The van der Waals surface area contributed by atoms with Crippen LogP contribution < -0.4 is 10.6 Å². The molecule has 1 amide bonds. The van der Waals surface area contributed by atoms with E-state index in [1.807, 2.05) is 6.07 Å². The van der Waals surface area contributed by atoms with E-state index >= 15 is 0 Å². The monoisotopic (exact) mass is 344 g/mol. The van der Waals surface area contributed by atoms with Crippen molar-refractivity contribution in [2.45, 2.75) is 32.5 Å². The maximum atomic E-state index is 11.8. The Hall–Kier alpha value is -1.11. The number of carbonyl (C=O) groups is 1. The van der Waals surface area contributed by atoms with E-state index in [2.05, 4.69) is 26.6 Å². The van der Waals surface area contributed by atoms with Gasteiger partial charge in [-0.05, 0) is 40.0 Å². The molecule has 0 saturated carbocycles. The fraction of sp³-hybridized carbons (Fsp3) is 0.500. The number of halogens is 1. The Kier molecular flexibility index (Phi) is 5.98. The van der Waals surface area contributed by atoms with Gasteiger partial charge in [-0.1, -0.05) is 22.0 Å². The molecular formula is C14H21BrN2O3. The third-order valence-corrected chi connectivity index (χ3v) is 2.90. The van der Waals surface area contributed by atoms with Crippen LogP contribution in [0.5, 0.6) is 0 Å². The van der Waals surface area contributed by atoms with Crippen LogP contribution in [0.15, 0.2) is 22.7 Å². The minimum Gasteiger partial charge on any atom is -0.444 e. The maximum absolute atomic E-state index is 11.8. The van der Waals surface area contributed by atoms with Crippen molar-refractivity contribution in [2.75, 3.05) is 18.9 Å². The molecule has 0 fully saturated rings. The second-order valence-electron chi connectivity index (χ2n) is 5.43. The number of aliphatic hydroxyl groups is 1. The predicted octanol–water partition coefficient (Wildman–Crippen LogP) is 3.05. The largest absolute Gasteiger partial charge is 0.444 e. The molecule has 5 nitrogen and oxygen atoms in total. The SMILES string of the molecule is CNCC(O)c1ccc(Br)cc1NC(=O)OC(C)(C)C. The normalized spacial score (nSPS) is 12.9. The molecule has 0 saturated heterocycles. The number of likely N-dealkylation sites (N-methyl/N-ethyl adjacent to an activating group) is 1. The van der Waals surface area contributed by atoms with Crippen molar-refractivity contribution in [3.8, 4) is 0 Å². The average molecular weight is 345 g/mol. The minimum absolute atomic E-state index is 0.393. The van der Waals surface area contributed by atoms with Crippen LogP contribution in [0, 0.1) is 0 Å². The fourth-order valence-electron chi connectivity index (χ4n) is 1.64. The quantitative estimate of drug-likeness (QED) is 0.784. The number of hydrogen-bond acceptors (Lipinski definition) is 4. The van der Waals surface area contributed by atoms with E-state index in [-0.39, 0.29) is 0 Å². The second-order valence-corrected chi connectivity index (χ2v) is 6.35. The van der Waals surface area contributed by atoms with Crippen LogP contribution in [0.4, 0.5) is 10.5 Å². The maximum Gasteiger partial charge on any atom is 0.412 e. The number of benzene rings is 1. The summed E-state index contributed by atoms with van der Waals surface area (Å²) < 4.78 is 6.02. The van der Waals surface area contributed by atoms with Crippen molar-refractivity contribution in [2.24, 2.45) is 0 Å².